The Labute approximate surface area is 185 Å². The van der Waals surface area contributed by atoms with Crippen molar-refractivity contribution < 1.29 is 14.3 Å². The fourth-order valence-electron chi connectivity index (χ4n) is 4.93. The summed E-state index contributed by atoms with van der Waals surface area (Å²) >= 11 is 0. The van der Waals surface area contributed by atoms with Crippen LogP contribution in [0.3, 0.4) is 0 Å². The van der Waals surface area contributed by atoms with E-state index >= 15 is 0 Å². The molecular weight excluding hydrogens is 388 g/mol. The molecule has 2 fully saturated rings. The maximum atomic E-state index is 12.3. The van der Waals surface area contributed by atoms with E-state index in [-0.39, 0.29) is 18.1 Å². The zero-order valence-electron chi connectivity index (χ0n) is 19.0. The molecule has 1 aliphatic heterocycles. The van der Waals surface area contributed by atoms with Crippen molar-refractivity contribution >= 4 is 11.6 Å². The molecule has 0 bridgehead atoms. The first-order valence-corrected chi connectivity index (χ1v) is 11.5. The lowest BCUT2D eigenvalue weighted by atomic mass is 10.00. The number of aryl methyl sites for hydroxylation is 1. The van der Waals surface area contributed by atoms with Crippen LogP contribution in [0.1, 0.15) is 43.7 Å². The Bertz CT molecular complexity index is 907. The third kappa shape index (κ3) is 5.15. The Morgan fingerprint density at radius 3 is 2.58 bits per heavy atom. The van der Waals surface area contributed by atoms with Crippen LogP contribution in [-0.2, 0) is 11.2 Å². The van der Waals surface area contributed by atoms with Crippen LogP contribution < -0.4 is 14.4 Å². The molecule has 1 heterocycles. The van der Waals surface area contributed by atoms with E-state index in [1.165, 1.54) is 24.0 Å². The zero-order chi connectivity index (χ0) is 21.8. The van der Waals surface area contributed by atoms with Gasteiger partial charge in [0.15, 0.2) is 11.5 Å². The monoisotopic (exact) mass is 422 g/mol. The number of piperazine rings is 1. The van der Waals surface area contributed by atoms with Crippen molar-refractivity contribution in [1.29, 1.82) is 0 Å². The van der Waals surface area contributed by atoms with Crippen LogP contribution in [0.2, 0.25) is 0 Å². The number of amides is 1. The first-order chi connectivity index (χ1) is 15.0. The predicted octanol–water partition coefficient (Wildman–Crippen LogP) is 4.60. The van der Waals surface area contributed by atoms with E-state index in [2.05, 4.69) is 48.2 Å². The van der Waals surface area contributed by atoms with Gasteiger partial charge in [0.1, 0.15) is 0 Å². The summed E-state index contributed by atoms with van der Waals surface area (Å²) in [4.78, 5) is 16.7. The van der Waals surface area contributed by atoms with E-state index in [4.69, 9.17) is 9.47 Å². The standard InChI is InChI=1S/C26H34N2O3/c1-19-7-6-8-21(15-19)16-23-18-27(13-14-28(23)20(2)29)22-11-12-25(30-3)26(17-22)31-24-9-4-5-10-24/h6-8,11-12,15,17,23-24H,4-5,9-10,13-14,16,18H2,1-3H3. The second-order valence-electron chi connectivity index (χ2n) is 8.86. The minimum atomic E-state index is 0.148. The molecular formula is C26H34N2O3. The Hall–Kier alpha value is -2.69. The van der Waals surface area contributed by atoms with Crippen LogP contribution in [0.5, 0.6) is 11.5 Å². The number of carbonyl (C=O) groups excluding carboxylic acids is 1. The van der Waals surface area contributed by atoms with E-state index < -0.39 is 0 Å². The van der Waals surface area contributed by atoms with Crippen LogP contribution >= 0.6 is 0 Å². The van der Waals surface area contributed by atoms with E-state index in [9.17, 15) is 4.79 Å². The van der Waals surface area contributed by atoms with Crippen molar-refractivity contribution in [2.75, 3.05) is 31.6 Å². The normalized spacial score (nSPS) is 19.5. The molecule has 2 aliphatic rings. The van der Waals surface area contributed by atoms with Crippen LogP contribution in [-0.4, -0.2) is 49.7 Å². The fraction of sp³-hybridized carbons (Fsp3) is 0.500. The Morgan fingerprint density at radius 2 is 1.87 bits per heavy atom. The second kappa shape index (κ2) is 9.63. The topological polar surface area (TPSA) is 42.0 Å². The lowest BCUT2D eigenvalue weighted by Crippen LogP contribution is -2.55. The van der Waals surface area contributed by atoms with Crippen LogP contribution in [0.4, 0.5) is 5.69 Å². The van der Waals surface area contributed by atoms with Gasteiger partial charge < -0.3 is 19.3 Å². The number of carbonyl (C=O) groups is 1. The Balaban J connectivity index is 1.54. The number of hydrogen-bond donors (Lipinski definition) is 0. The van der Waals surface area contributed by atoms with E-state index in [0.717, 1.165) is 56.1 Å². The van der Waals surface area contributed by atoms with Crippen LogP contribution in [0.15, 0.2) is 42.5 Å². The lowest BCUT2D eigenvalue weighted by molar-refractivity contribution is -0.131. The number of hydrogen-bond acceptors (Lipinski definition) is 4. The van der Waals surface area contributed by atoms with Gasteiger partial charge in [-0.3, -0.25) is 4.79 Å². The van der Waals surface area contributed by atoms with Crippen molar-refractivity contribution in [3.05, 3.63) is 53.6 Å². The van der Waals surface area contributed by atoms with Gasteiger partial charge in [-0.25, -0.2) is 0 Å². The quantitative estimate of drug-likeness (QED) is 0.682. The van der Waals surface area contributed by atoms with E-state index in [1.807, 2.05) is 11.0 Å². The van der Waals surface area contributed by atoms with Crippen molar-refractivity contribution in [1.82, 2.24) is 4.90 Å². The maximum absolute atomic E-state index is 12.3. The molecule has 166 valence electrons. The maximum Gasteiger partial charge on any atom is 0.219 e. The van der Waals surface area contributed by atoms with Gasteiger partial charge in [-0.15, -0.1) is 0 Å². The molecule has 0 N–H and O–H groups in total. The number of ether oxygens (including phenoxy) is 2. The first kappa shape index (κ1) is 21.5. The third-order valence-corrected chi connectivity index (χ3v) is 6.55. The zero-order valence-corrected chi connectivity index (χ0v) is 19.0. The molecule has 5 nitrogen and oxygen atoms in total. The van der Waals surface area contributed by atoms with Gasteiger partial charge >= 0.3 is 0 Å². The average molecular weight is 423 g/mol. The number of methoxy groups -OCH3 is 1. The highest BCUT2D eigenvalue weighted by molar-refractivity contribution is 5.74. The summed E-state index contributed by atoms with van der Waals surface area (Å²) < 4.78 is 11.9. The van der Waals surface area contributed by atoms with Gasteiger partial charge in [0.2, 0.25) is 5.91 Å². The van der Waals surface area contributed by atoms with Crippen molar-refractivity contribution in [2.45, 2.75) is 58.1 Å². The van der Waals surface area contributed by atoms with Crippen LogP contribution in [0, 0.1) is 6.92 Å². The van der Waals surface area contributed by atoms with E-state index in [0.29, 0.717) is 0 Å². The minimum Gasteiger partial charge on any atom is -0.493 e. The average Bonchev–Trinajstić information content (AvgIpc) is 3.26. The summed E-state index contributed by atoms with van der Waals surface area (Å²) in [7, 11) is 1.69. The molecule has 1 amide bonds. The molecule has 1 unspecified atom stereocenters. The number of rotatable bonds is 6. The Morgan fingerprint density at radius 1 is 1.06 bits per heavy atom. The van der Waals surface area contributed by atoms with Gasteiger partial charge in [0.05, 0.1) is 19.3 Å². The summed E-state index contributed by atoms with van der Waals surface area (Å²) in [6.45, 7) is 6.15. The predicted molar refractivity (Wildman–Crippen MR) is 124 cm³/mol. The van der Waals surface area contributed by atoms with Gasteiger partial charge in [0.25, 0.3) is 0 Å². The summed E-state index contributed by atoms with van der Waals surface area (Å²) in [6.07, 6.45) is 5.85. The molecule has 2 aromatic carbocycles. The number of benzene rings is 2. The van der Waals surface area contributed by atoms with Crippen molar-refractivity contribution in [3.63, 3.8) is 0 Å². The number of anilines is 1. The largest absolute Gasteiger partial charge is 0.493 e. The summed E-state index contributed by atoms with van der Waals surface area (Å²) in [5, 5.41) is 0. The fourth-order valence-corrected chi connectivity index (χ4v) is 4.93. The molecule has 1 atom stereocenters. The SMILES string of the molecule is COc1ccc(N2CCN(C(C)=O)C(Cc3cccc(C)c3)C2)cc1OC1CCCC1. The van der Waals surface area contributed by atoms with Gasteiger partial charge in [-0.05, 0) is 56.7 Å². The summed E-state index contributed by atoms with van der Waals surface area (Å²) in [5.41, 5.74) is 3.66. The molecule has 0 spiro atoms. The minimum absolute atomic E-state index is 0.148. The molecule has 0 aromatic heterocycles. The molecule has 5 heteroatoms. The molecule has 0 radical (unpaired) electrons. The van der Waals surface area contributed by atoms with Gasteiger partial charge in [-0.1, -0.05) is 29.8 Å². The van der Waals surface area contributed by atoms with Crippen LogP contribution in [0.25, 0.3) is 0 Å². The van der Waals surface area contributed by atoms with Gasteiger partial charge in [-0.2, -0.15) is 0 Å². The smallest absolute Gasteiger partial charge is 0.219 e. The van der Waals surface area contributed by atoms with E-state index in [1.54, 1.807) is 14.0 Å². The highest BCUT2D eigenvalue weighted by Gasteiger charge is 2.29. The van der Waals surface area contributed by atoms with Gasteiger partial charge in [0, 0.05) is 38.3 Å². The highest BCUT2D eigenvalue weighted by atomic mass is 16.5. The summed E-state index contributed by atoms with van der Waals surface area (Å²) in [6, 6.07) is 15.0. The van der Waals surface area contributed by atoms with Crippen molar-refractivity contribution in [2.24, 2.45) is 0 Å². The molecule has 31 heavy (non-hydrogen) atoms. The molecule has 1 aliphatic carbocycles. The second-order valence-corrected chi connectivity index (χ2v) is 8.86. The highest BCUT2D eigenvalue weighted by Crippen LogP contribution is 2.35. The molecule has 2 aromatic rings. The number of nitrogens with zero attached hydrogens (tertiary/aromatic N) is 2. The lowest BCUT2D eigenvalue weighted by Gasteiger charge is -2.42. The van der Waals surface area contributed by atoms with Crippen molar-refractivity contribution in [3.8, 4) is 11.5 Å². The third-order valence-electron chi connectivity index (χ3n) is 6.55. The molecule has 4 rings (SSSR count). The first-order valence-electron chi connectivity index (χ1n) is 11.5. The Kier molecular flexibility index (Phi) is 6.69. The molecule has 1 saturated heterocycles. The summed E-state index contributed by atoms with van der Waals surface area (Å²) in [5.74, 6) is 1.77. The molecule has 1 saturated carbocycles.